The summed E-state index contributed by atoms with van der Waals surface area (Å²) in [6, 6.07) is 8.34. The standard InChI is InChI=1S/C15H19N3O2/c1-15(14(19)20-2,17-11-7-8-11)9-18-10-16-12-5-3-4-6-13(12)18/h3-6,10-11,17H,7-9H2,1-2H3. The van der Waals surface area contributed by atoms with Crippen molar-refractivity contribution in [3.05, 3.63) is 30.6 Å². The molecule has 0 bridgehead atoms. The highest BCUT2D eigenvalue weighted by molar-refractivity contribution is 5.81. The average Bonchev–Trinajstić information content (AvgIpc) is 3.18. The third-order valence-electron chi connectivity index (χ3n) is 3.75. The minimum absolute atomic E-state index is 0.234. The number of para-hydroxylation sites is 2. The van der Waals surface area contributed by atoms with E-state index < -0.39 is 5.54 Å². The van der Waals surface area contributed by atoms with Crippen LogP contribution in [0.15, 0.2) is 30.6 Å². The Kier molecular flexibility index (Phi) is 3.22. The molecule has 0 aliphatic heterocycles. The minimum Gasteiger partial charge on any atom is -0.468 e. The summed E-state index contributed by atoms with van der Waals surface area (Å²) >= 11 is 0. The van der Waals surface area contributed by atoms with Crippen molar-refractivity contribution in [2.75, 3.05) is 7.11 Å². The highest BCUT2D eigenvalue weighted by Crippen LogP contribution is 2.25. The van der Waals surface area contributed by atoms with Gasteiger partial charge in [-0.25, -0.2) is 9.78 Å². The first-order valence-corrected chi connectivity index (χ1v) is 6.88. The second-order valence-electron chi connectivity index (χ2n) is 5.60. The summed E-state index contributed by atoms with van der Waals surface area (Å²) < 4.78 is 6.97. The van der Waals surface area contributed by atoms with Crippen molar-refractivity contribution in [3.8, 4) is 0 Å². The third kappa shape index (κ3) is 2.41. The van der Waals surface area contributed by atoms with Crippen molar-refractivity contribution in [1.82, 2.24) is 14.9 Å². The Morgan fingerprint density at radius 1 is 1.50 bits per heavy atom. The molecule has 1 atom stereocenters. The van der Waals surface area contributed by atoms with Crippen LogP contribution in [0.3, 0.4) is 0 Å². The average molecular weight is 273 g/mol. The molecule has 0 radical (unpaired) electrons. The van der Waals surface area contributed by atoms with Gasteiger partial charge in [0.15, 0.2) is 0 Å². The van der Waals surface area contributed by atoms with Gasteiger partial charge in [-0.2, -0.15) is 0 Å². The minimum atomic E-state index is -0.723. The molecule has 5 heteroatoms. The van der Waals surface area contributed by atoms with Gasteiger partial charge in [-0.3, -0.25) is 5.32 Å². The summed E-state index contributed by atoms with van der Waals surface area (Å²) in [7, 11) is 1.43. The maximum absolute atomic E-state index is 12.1. The van der Waals surface area contributed by atoms with Gasteiger partial charge < -0.3 is 9.30 Å². The van der Waals surface area contributed by atoms with Crippen LogP contribution in [-0.4, -0.2) is 34.2 Å². The number of carbonyl (C=O) groups is 1. The molecule has 1 N–H and O–H groups in total. The van der Waals surface area contributed by atoms with Crippen molar-refractivity contribution >= 4 is 17.0 Å². The molecule has 1 unspecified atom stereocenters. The van der Waals surface area contributed by atoms with Crippen molar-refractivity contribution < 1.29 is 9.53 Å². The van der Waals surface area contributed by atoms with Crippen LogP contribution < -0.4 is 5.32 Å². The van der Waals surface area contributed by atoms with Crippen LogP contribution in [0.2, 0.25) is 0 Å². The molecule has 1 saturated carbocycles. The van der Waals surface area contributed by atoms with Crippen LogP contribution in [0.4, 0.5) is 0 Å². The zero-order chi connectivity index (χ0) is 14.2. The fourth-order valence-electron chi connectivity index (χ4n) is 2.55. The molecule has 2 aromatic rings. The topological polar surface area (TPSA) is 56.2 Å². The van der Waals surface area contributed by atoms with Crippen LogP contribution in [0.5, 0.6) is 0 Å². The van der Waals surface area contributed by atoms with Gasteiger partial charge in [0.25, 0.3) is 0 Å². The zero-order valence-corrected chi connectivity index (χ0v) is 11.8. The number of carbonyl (C=O) groups excluding carboxylic acids is 1. The summed E-state index contributed by atoms with van der Waals surface area (Å²) in [6.45, 7) is 2.41. The molecule has 5 nitrogen and oxygen atoms in total. The van der Waals surface area contributed by atoms with E-state index >= 15 is 0 Å². The van der Waals surface area contributed by atoms with E-state index in [1.165, 1.54) is 7.11 Å². The van der Waals surface area contributed by atoms with Gasteiger partial charge in [-0.05, 0) is 31.9 Å². The van der Waals surface area contributed by atoms with Crippen LogP contribution >= 0.6 is 0 Å². The lowest BCUT2D eigenvalue weighted by Crippen LogP contribution is -2.54. The molecular formula is C15H19N3O2. The Morgan fingerprint density at radius 2 is 2.25 bits per heavy atom. The largest absolute Gasteiger partial charge is 0.468 e. The second kappa shape index (κ2) is 4.90. The molecule has 106 valence electrons. The summed E-state index contributed by atoms with van der Waals surface area (Å²) in [4.78, 5) is 16.5. The number of fused-ring (bicyclic) bond motifs is 1. The first-order valence-electron chi connectivity index (χ1n) is 6.88. The fraction of sp³-hybridized carbons (Fsp3) is 0.467. The SMILES string of the molecule is COC(=O)C(C)(Cn1cnc2ccccc21)NC1CC1. The van der Waals surface area contributed by atoms with E-state index in [2.05, 4.69) is 10.3 Å². The Labute approximate surface area is 117 Å². The lowest BCUT2D eigenvalue weighted by atomic mass is 10.0. The summed E-state index contributed by atoms with van der Waals surface area (Å²) in [5, 5.41) is 3.40. The molecule has 20 heavy (non-hydrogen) atoms. The number of methoxy groups -OCH3 is 1. The summed E-state index contributed by atoms with van der Waals surface area (Å²) in [5.74, 6) is -0.234. The Hall–Kier alpha value is -1.88. The molecule has 1 aliphatic carbocycles. The van der Waals surface area contributed by atoms with E-state index in [4.69, 9.17) is 4.74 Å². The number of rotatable bonds is 5. The van der Waals surface area contributed by atoms with Gasteiger partial charge in [-0.1, -0.05) is 12.1 Å². The Morgan fingerprint density at radius 3 is 2.95 bits per heavy atom. The van der Waals surface area contributed by atoms with Crippen molar-refractivity contribution in [1.29, 1.82) is 0 Å². The van der Waals surface area contributed by atoms with E-state index in [0.717, 1.165) is 23.9 Å². The molecule has 1 aromatic heterocycles. The second-order valence-corrected chi connectivity index (χ2v) is 5.60. The number of esters is 1. The summed E-state index contributed by atoms with van der Waals surface area (Å²) in [6.07, 6.45) is 4.02. The molecule has 0 amide bonds. The van der Waals surface area contributed by atoms with E-state index in [0.29, 0.717) is 12.6 Å². The highest BCUT2D eigenvalue weighted by atomic mass is 16.5. The Bertz CT molecular complexity index is 633. The highest BCUT2D eigenvalue weighted by Gasteiger charge is 2.40. The number of nitrogens with one attached hydrogen (secondary N) is 1. The number of aromatic nitrogens is 2. The molecule has 1 aliphatic rings. The Balaban J connectivity index is 1.90. The van der Waals surface area contributed by atoms with Gasteiger partial charge in [0.1, 0.15) is 5.54 Å². The van der Waals surface area contributed by atoms with Crippen LogP contribution in [0.1, 0.15) is 19.8 Å². The number of ether oxygens (including phenoxy) is 1. The van der Waals surface area contributed by atoms with Gasteiger partial charge >= 0.3 is 5.97 Å². The molecule has 1 heterocycles. The summed E-state index contributed by atoms with van der Waals surface area (Å²) in [5.41, 5.74) is 1.24. The van der Waals surface area contributed by atoms with E-state index in [1.54, 1.807) is 6.33 Å². The number of hydrogen-bond acceptors (Lipinski definition) is 4. The monoisotopic (exact) mass is 273 g/mol. The molecule has 3 rings (SSSR count). The first-order chi connectivity index (χ1) is 9.62. The maximum Gasteiger partial charge on any atom is 0.327 e. The van der Waals surface area contributed by atoms with Gasteiger partial charge in [-0.15, -0.1) is 0 Å². The fourth-order valence-corrected chi connectivity index (χ4v) is 2.55. The number of hydrogen-bond donors (Lipinski definition) is 1. The van der Waals surface area contributed by atoms with Gasteiger partial charge in [0.2, 0.25) is 0 Å². The predicted molar refractivity (Wildman–Crippen MR) is 76.3 cm³/mol. The van der Waals surface area contributed by atoms with Crippen molar-refractivity contribution in [2.24, 2.45) is 0 Å². The zero-order valence-electron chi connectivity index (χ0n) is 11.8. The van der Waals surface area contributed by atoms with Crippen molar-refractivity contribution in [2.45, 2.75) is 37.9 Å². The van der Waals surface area contributed by atoms with E-state index in [9.17, 15) is 4.79 Å². The van der Waals surface area contributed by atoms with Gasteiger partial charge in [0, 0.05) is 6.04 Å². The van der Waals surface area contributed by atoms with Gasteiger partial charge in [0.05, 0.1) is 31.0 Å². The van der Waals surface area contributed by atoms with Crippen LogP contribution in [0, 0.1) is 0 Å². The molecule has 0 spiro atoms. The van der Waals surface area contributed by atoms with Crippen molar-refractivity contribution in [3.63, 3.8) is 0 Å². The quantitative estimate of drug-likeness (QED) is 0.843. The van der Waals surface area contributed by atoms with Crippen LogP contribution in [0.25, 0.3) is 11.0 Å². The first kappa shape index (κ1) is 13.1. The molecule has 0 saturated heterocycles. The smallest absolute Gasteiger partial charge is 0.327 e. The predicted octanol–water partition coefficient (Wildman–Crippen LogP) is 1.72. The van der Waals surface area contributed by atoms with Crippen LogP contribution in [-0.2, 0) is 16.1 Å². The van der Waals surface area contributed by atoms with E-state index in [-0.39, 0.29) is 5.97 Å². The molecule has 1 aromatic carbocycles. The maximum atomic E-state index is 12.1. The lowest BCUT2D eigenvalue weighted by molar-refractivity contribution is -0.148. The number of imidazole rings is 1. The molecule has 1 fully saturated rings. The number of benzene rings is 1. The normalized spacial score (nSPS) is 17.9. The lowest BCUT2D eigenvalue weighted by Gasteiger charge is -2.28. The third-order valence-corrected chi connectivity index (χ3v) is 3.75. The van der Waals surface area contributed by atoms with E-state index in [1.807, 2.05) is 35.8 Å². The molecular weight excluding hydrogens is 254 g/mol. The number of nitrogens with zero attached hydrogens (tertiary/aromatic N) is 2.